The van der Waals surface area contributed by atoms with Gasteiger partial charge in [0.1, 0.15) is 5.75 Å². The van der Waals surface area contributed by atoms with Crippen LogP contribution in [-0.4, -0.2) is 13.3 Å². The summed E-state index contributed by atoms with van der Waals surface area (Å²) in [6.45, 7) is 0. The smallest absolute Gasteiger partial charge is 0.389 e. The Kier molecular flexibility index (Phi) is 4.43. The molecule has 0 radical (unpaired) electrons. The fraction of sp³-hybridized carbons (Fsp3) is 0.333. The zero-order valence-corrected chi connectivity index (χ0v) is 11.6. The van der Waals surface area contributed by atoms with Gasteiger partial charge in [-0.1, -0.05) is 30.3 Å². The third-order valence-corrected chi connectivity index (χ3v) is 3.61. The van der Waals surface area contributed by atoms with E-state index in [0.717, 1.165) is 10.8 Å². The molecular weight excluding hydrogens is 289 g/mol. The van der Waals surface area contributed by atoms with Crippen molar-refractivity contribution >= 4 is 22.4 Å². The topological polar surface area (TPSA) is 9.23 Å². The predicted molar refractivity (Wildman–Crippen MR) is 74.4 cm³/mol. The van der Waals surface area contributed by atoms with E-state index in [9.17, 15) is 13.2 Å². The average Bonchev–Trinajstić information content (AvgIpc) is 2.42. The van der Waals surface area contributed by atoms with E-state index >= 15 is 0 Å². The van der Waals surface area contributed by atoms with Crippen molar-refractivity contribution in [3.05, 3.63) is 42.0 Å². The summed E-state index contributed by atoms with van der Waals surface area (Å²) in [5.74, 6) is 0.684. The Balaban J connectivity index is 2.35. The Morgan fingerprint density at radius 3 is 2.35 bits per heavy atom. The largest absolute Gasteiger partial charge is 0.496 e. The number of ether oxygens (including phenoxy) is 1. The molecule has 0 saturated carbocycles. The van der Waals surface area contributed by atoms with Gasteiger partial charge in [0.25, 0.3) is 0 Å². The average molecular weight is 303 g/mol. The number of rotatable bonds is 4. The summed E-state index contributed by atoms with van der Waals surface area (Å²) < 4.78 is 42.1. The Labute approximate surface area is 120 Å². The monoisotopic (exact) mass is 302 g/mol. The molecule has 0 bridgehead atoms. The van der Waals surface area contributed by atoms with Crippen LogP contribution in [0.5, 0.6) is 5.75 Å². The third-order valence-electron chi connectivity index (χ3n) is 3.16. The normalized spacial score (nSPS) is 13.4. The third kappa shape index (κ3) is 3.37. The van der Waals surface area contributed by atoms with Gasteiger partial charge in [-0.15, -0.1) is 11.6 Å². The van der Waals surface area contributed by atoms with Gasteiger partial charge in [-0.2, -0.15) is 13.2 Å². The van der Waals surface area contributed by atoms with Crippen LogP contribution in [0.2, 0.25) is 0 Å². The minimum Gasteiger partial charge on any atom is -0.496 e. The van der Waals surface area contributed by atoms with E-state index < -0.39 is 18.0 Å². The lowest BCUT2D eigenvalue weighted by Gasteiger charge is -2.15. The molecule has 0 aliphatic carbocycles. The molecule has 20 heavy (non-hydrogen) atoms. The van der Waals surface area contributed by atoms with Crippen LogP contribution in [0, 0.1) is 0 Å². The highest BCUT2D eigenvalue weighted by molar-refractivity contribution is 6.22. The number of fused-ring (bicyclic) bond motifs is 1. The molecule has 0 heterocycles. The van der Waals surface area contributed by atoms with E-state index in [1.165, 1.54) is 0 Å². The fourth-order valence-electron chi connectivity index (χ4n) is 2.19. The molecule has 0 N–H and O–H groups in total. The number of hydrogen-bond donors (Lipinski definition) is 0. The van der Waals surface area contributed by atoms with E-state index in [0.29, 0.717) is 11.3 Å². The molecule has 1 unspecified atom stereocenters. The van der Waals surface area contributed by atoms with E-state index in [1.807, 2.05) is 24.3 Å². The van der Waals surface area contributed by atoms with Gasteiger partial charge >= 0.3 is 6.18 Å². The number of hydrogen-bond acceptors (Lipinski definition) is 1. The van der Waals surface area contributed by atoms with Crippen molar-refractivity contribution in [3.8, 4) is 5.75 Å². The molecule has 0 fully saturated rings. The standard InChI is InChI=1S/C15H14ClF3O/c1-20-14-7-6-11(10-4-2-3-5-12(10)14)13(16)8-9-15(17,18)19/h2-7,13H,8-9H2,1H3. The maximum absolute atomic E-state index is 12.3. The minimum absolute atomic E-state index is 0.138. The zero-order valence-electron chi connectivity index (χ0n) is 10.9. The molecule has 0 saturated heterocycles. The highest BCUT2D eigenvalue weighted by Gasteiger charge is 2.28. The van der Waals surface area contributed by atoms with E-state index in [-0.39, 0.29) is 6.42 Å². The molecule has 108 valence electrons. The quantitative estimate of drug-likeness (QED) is 0.680. The van der Waals surface area contributed by atoms with Crippen LogP contribution >= 0.6 is 11.6 Å². The van der Waals surface area contributed by atoms with Crippen molar-refractivity contribution in [2.75, 3.05) is 7.11 Å². The van der Waals surface area contributed by atoms with Crippen molar-refractivity contribution in [2.24, 2.45) is 0 Å². The van der Waals surface area contributed by atoms with Crippen LogP contribution < -0.4 is 4.74 Å². The highest BCUT2D eigenvalue weighted by Crippen LogP contribution is 2.37. The van der Waals surface area contributed by atoms with Crippen molar-refractivity contribution in [2.45, 2.75) is 24.4 Å². The molecule has 2 rings (SSSR count). The number of alkyl halides is 4. The van der Waals surface area contributed by atoms with Gasteiger partial charge in [0.05, 0.1) is 12.5 Å². The van der Waals surface area contributed by atoms with Crippen LogP contribution in [0.25, 0.3) is 10.8 Å². The van der Waals surface area contributed by atoms with Crippen LogP contribution in [0.1, 0.15) is 23.8 Å². The SMILES string of the molecule is COc1ccc(C(Cl)CCC(F)(F)F)c2ccccc12. The molecule has 2 aromatic carbocycles. The minimum atomic E-state index is -4.19. The van der Waals surface area contributed by atoms with Crippen molar-refractivity contribution in [1.29, 1.82) is 0 Å². The lowest BCUT2D eigenvalue weighted by molar-refractivity contribution is -0.135. The van der Waals surface area contributed by atoms with Gasteiger partial charge in [0, 0.05) is 11.8 Å². The maximum atomic E-state index is 12.3. The number of methoxy groups -OCH3 is 1. The molecule has 0 amide bonds. The first kappa shape index (κ1) is 15.0. The van der Waals surface area contributed by atoms with Crippen molar-refractivity contribution in [3.63, 3.8) is 0 Å². The Bertz CT molecular complexity index is 595. The van der Waals surface area contributed by atoms with Gasteiger partial charge in [-0.05, 0) is 23.4 Å². The van der Waals surface area contributed by atoms with Crippen LogP contribution in [-0.2, 0) is 0 Å². The molecule has 1 nitrogen and oxygen atoms in total. The van der Waals surface area contributed by atoms with Gasteiger partial charge in [-0.3, -0.25) is 0 Å². The van der Waals surface area contributed by atoms with E-state index in [2.05, 4.69) is 0 Å². The first-order valence-corrected chi connectivity index (χ1v) is 6.62. The number of benzene rings is 2. The Morgan fingerprint density at radius 1 is 1.10 bits per heavy atom. The first-order chi connectivity index (χ1) is 9.42. The van der Waals surface area contributed by atoms with E-state index in [1.54, 1.807) is 19.2 Å². The lowest BCUT2D eigenvalue weighted by Crippen LogP contribution is -2.08. The molecule has 2 aromatic rings. The van der Waals surface area contributed by atoms with Crippen molar-refractivity contribution < 1.29 is 17.9 Å². The fourth-order valence-corrected chi connectivity index (χ4v) is 2.49. The van der Waals surface area contributed by atoms with Gasteiger partial charge in [0.2, 0.25) is 0 Å². The maximum Gasteiger partial charge on any atom is 0.389 e. The lowest BCUT2D eigenvalue weighted by atomic mass is 9.99. The van der Waals surface area contributed by atoms with Gasteiger partial charge < -0.3 is 4.74 Å². The second kappa shape index (κ2) is 5.92. The summed E-state index contributed by atoms with van der Waals surface area (Å²) in [5, 5.41) is 1.01. The van der Waals surface area contributed by atoms with Gasteiger partial charge in [0.15, 0.2) is 0 Å². The summed E-state index contributed by atoms with van der Waals surface area (Å²) in [4.78, 5) is 0. The second-order valence-electron chi connectivity index (χ2n) is 4.52. The van der Waals surface area contributed by atoms with E-state index in [4.69, 9.17) is 16.3 Å². The summed E-state index contributed by atoms with van der Waals surface area (Å²) in [6, 6.07) is 10.9. The van der Waals surface area contributed by atoms with Crippen LogP contribution in [0.4, 0.5) is 13.2 Å². The molecule has 5 heteroatoms. The Hall–Kier alpha value is -1.42. The zero-order chi connectivity index (χ0) is 14.8. The van der Waals surface area contributed by atoms with Gasteiger partial charge in [-0.25, -0.2) is 0 Å². The molecule has 0 spiro atoms. The molecule has 1 atom stereocenters. The summed E-state index contributed by atoms with van der Waals surface area (Å²) in [7, 11) is 1.56. The predicted octanol–water partition coefficient (Wildman–Crippen LogP) is 5.47. The summed E-state index contributed by atoms with van der Waals surface area (Å²) in [6.07, 6.45) is -5.21. The summed E-state index contributed by atoms with van der Waals surface area (Å²) in [5.41, 5.74) is 0.701. The second-order valence-corrected chi connectivity index (χ2v) is 5.05. The Morgan fingerprint density at radius 2 is 1.75 bits per heavy atom. The molecule has 0 aliphatic heterocycles. The van der Waals surface area contributed by atoms with Crippen LogP contribution in [0.15, 0.2) is 36.4 Å². The molecular formula is C15H14ClF3O. The highest BCUT2D eigenvalue weighted by atomic mass is 35.5. The first-order valence-electron chi connectivity index (χ1n) is 6.19. The molecule has 0 aromatic heterocycles. The van der Waals surface area contributed by atoms with Crippen LogP contribution in [0.3, 0.4) is 0 Å². The summed E-state index contributed by atoms with van der Waals surface area (Å²) >= 11 is 6.15. The molecule has 0 aliphatic rings. The number of halogens is 4. The van der Waals surface area contributed by atoms with Crippen molar-refractivity contribution in [1.82, 2.24) is 0 Å².